The van der Waals surface area contributed by atoms with Crippen LogP contribution in [0.15, 0.2) is 6.07 Å². The summed E-state index contributed by atoms with van der Waals surface area (Å²) in [6.45, 7) is 4.15. The van der Waals surface area contributed by atoms with Crippen LogP contribution >= 0.6 is 0 Å². The number of aryl methyl sites for hydroxylation is 1. The molecule has 0 aliphatic heterocycles. The van der Waals surface area contributed by atoms with Gasteiger partial charge in [0.25, 0.3) is 0 Å². The minimum atomic E-state index is -0.0774. The second-order valence-electron chi connectivity index (χ2n) is 2.52. The Morgan fingerprint density at radius 2 is 2.31 bits per heavy atom. The van der Waals surface area contributed by atoms with Crippen LogP contribution in [-0.2, 0) is 0 Å². The fourth-order valence-corrected chi connectivity index (χ4v) is 0.873. The van der Waals surface area contributed by atoms with Crippen molar-refractivity contribution in [2.75, 3.05) is 6.61 Å². The summed E-state index contributed by atoms with van der Waals surface area (Å²) in [5.41, 5.74) is 6.42. The highest BCUT2D eigenvalue weighted by Gasteiger charge is 2.04. The minimum absolute atomic E-state index is 0.0774. The van der Waals surface area contributed by atoms with Gasteiger partial charge >= 0.3 is 6.01 Å². The lowest BCUT2D eigenvalue weighted by Gasteiger charge is -2.04. The second kappa shape index (κ2) is 3.84. The Morgan fingerprint density at radius 3 is 2.85 bits per heavy atom. The molecule has 0 fully saturated rings. The van der Waals surface area contributed by atoms with Gasteiger partial charge in [-0.3, -0.25) is 5.41 Å². The van der Waals surface area contributed by atoms with Crippen LogP contribution in [0.5, 0.6) is 6.01 Å². The Bertz CT molecular complexity index is 324. The molecular weight excluding hydrogens is 168 g/mol. The van der Waals surface area contributed by atoms with Crippen LogP contribution in [0, 0.1) is 12.3 Å². The number of hydrogen-bond acceptors (Lipinski definition) is 4. The number of amidine groups is 1. The molecule has 1 rings (SSSR count). The number of nitrogens with one attached hydrogen (secondary N) is 1. The third-order valence-corrected chi connectivity index (χ3v) is 1.38. The van der Waals surface area contributed by atoms with Gasteiger partial charge in [-0.1, -0.05) is 0 Å². The predicted molar refractivity (Wildman–Crippen MR) is 49.0 cm³/mol. The van der Waals surface area contributed by atoms with E-state index in [9.17, 15) is 0 Å². The van der Waals surface area contributed by atoms with Crippen molar-refractivity contribution in [3.8, 4) is 6.01 Å². The lowest BCUT2D eigenvalue weighted by atomic mass is 10.3. The van der Waals surface area contributed by atoms with E-state index < -0.39 is 0 Å². The largest absolute Gasteiger partial charge is 0.464 e. The Labute approximate surface area is 76.5 Å². The molecule has 0 aliphatic carbocycles. The van der Waals surface area contributed by atoms with E-state index in [0.29, 0.717) is 12.3 Å². The molecular formula is C8H12N4O. The highest BCUT2D eigenvalue weighted by molar-refractivity contribution is 5.93. The van der Waals surface area contributed by atoms with Crippen LogP contribution in [0.3, 0.4) is 0 Å². The molecule has 0 bridgehead atoms. The maximum absolute atomic E-state index is 7.19. The van der Waals surface area contributed by atoms with Gasteiger partial charge < -0.3 is 10.5 Å². The fourth-order valence-electron chi connectivity index (χ4n) is 0.873. The molecule has 0 spiro atoms. The molecule has 0 saturated heterocycles. The molecule has 5 nitrogen and oxygen atoms in total. The maximum Gasteiger partial charge on any atom is 0.317 e. The van der Waals surface area contributed by atoms with E-state index in [1.54, 1.807) is 13.0 Å². The fraction of sp³-hybridized carbons (Fsp3) is 0.375. The van der Waals surface area contributed by atoms with Crippen molar-refractivity contribution in [2.45, 2.75) is 13.8 Å². The molecule has 0 atom stereocenters. The summed E-state index contributed by atoms with van der Waals surface area (Å²) in [4.78, 5) is 7.96. The lowest BCUT2D eigenvalue weighted by Crippen LogP contribution is -2.14. The zero-order valence-corrected chi connectivity index (χ0v) is 7.66. The van der Waals surface area contributed by atoms with E-state index >= 15 is 0 Å². The summed E-state index contributed by atoms with van der Waals surface area (Å²) in [5, 5.41) is 7.19. The molecule has 0 amide bonds. The summed E-state index contributed by atoms with van der Waals surface area (Å²) in [7, 11) is 0. The first-order chi connectivity index (χ1) is 6.13. The lowest BCUT2D eigenvalue weighted by molar-refractivity contribution is 0.311. The Morgan fingerprint density at radius 1 is 1.62 bits per heavy atom. The van der Waals surface area contributed by atoms with Gasteiger partial charge in [-0.2, -0.15) is 4.98 Å². The van der Waals surface area contributed by atoms with Crippen LogP contribution in [0.4, 0.5) is 0 Å². The summed E-state index contributed by atoms with van der Waals surface area (Å²) in [6, 6.07) is 1.91. The molecule has 5 heteroatoms. The Balaban J connectivity index is 3.03. The van der Waals surface area contributed by atoms with Crippen LogP contribution in [0.25, 0.3) is 0 Å². The molecule has 0 aromatic carbocycles. The van der Waals surface area contributed by atoms with Crippen molar-refractivity contribution in [3.05, 3.63) is 17.5 Å². The summed E-state index contributed by atoms with van der Waals surface area (Å²) < 4.78 is 5.10. The quantitative estimate of drug-likeness (QED) is 0.523. The zero-order valence-electron chi connectivity index (χ0n) is 7.66. The topological polar surface area (TPSA) is 84.9 Å². The van der Waals surface area contributed by atoms with E-state index in [2.05, 4.69) is 9.97 Å². The third-order valence-electron chi connectivity index (χ3n) is 1.38. The molecule has 13 heavy (non-hydrogen) atoms. The number of aromatic nitrogens is 2. The maximum atomic E-state index is 7.19. The van der Waals surface area contributed by atoms with Gasteiger partial charge in [-0.25, -0.2) is 4.98 Å². The number of rotatable bonds is 3. The number of nitrogen functional groups attached to an aromatic ring is 1. The third kappa shape index (κ3) is 2.40. The van der Waals surface area contributed by atoms with Crippen molar-refractivity contribution in [3.63, 3.8) is 0 Å². The molecule has 0 radical (unpaired) electrons. The molecule has 3 N–H and O–H groups in total. The highest BCUT2D eigenvalue weighted by Crippen LogP contribution is 2.05. The normalized spacial score (nSPS) is 9.69. The predicted octanol–water partition coefficient (Wildman–Crippen LogP) is 0.468. The summed E-state index contributed by atoms with van der Waals surface area (Å²) in [5.74, 6) is -0.0774. The van der Waals surface area contributed by atoms with Crippen molar-refractivity contribution >= 4 is 5.84 Å². The number of nitrogens with zero attached hydrogens (tertiary/aromatic N) is 2. The standard InChI is InChI=1S/C8H12N4O/c1-3-13-8-11-5(2)4-6(12-8)7(9)10/h4H,3H2,1-2H3,(H3,9,10). The van der Waals surface area contributed by atoms with Gasteiger partial charge in [-0.15, -0.1) is 0 Å². The van der Waals surface area contributed by atoms with Crippen molar-refractivity contribution < 1.29 is 4.74 Å². The van der Waals surface area contributed by atoms with Gasteiger partial charge in [0, 0.05) is 5.69 Å². The summed E-state index contributed by atoms with van der Waals surface area (Å²) >= 11 is 0. The number of nitrogens with two attached hydrogens (primary N) is 1. The van der Waals surface area contributed by atoms with Gasteiger partial charge in [-0.05, 0) is 19.9 Å². The van der Waals surface area contributed by atoms with Crippen molar-refractivity contribution in [1.29, 1.82) is 5.41 Å². The van der Waals surface area contributed by atoms with Gasteiger partial charge in [0.05, 0.1) is 6.61 Å². The Kier molecular flexibility index (Phi) is 2.79. The molecule has 1 aromatic rings. The van der Waals surface area contributed by atoms with Gasteiger partial charge in [0.2, 0.25) is 0 Å². The van der Waals surface area contributed by atoms with Crippen molar-refractivity contribution in [1.82, 2.24) is 9.97 Å². The first kappa shape index (κ1) is 9.44. The van der Waals surface area contributed by atoms with Crippen molar-refractivity contribution in [2.24, 2.45) is 5.73 Å². The minimum Gasteiger partial charge on any atom is -0.464 e. The Hall–Kier alpha value is -1.65. The van der Waals surface area contributed by atoms with Gasteiger partial charge in [0.15, 0.2) is 0 Å². The highest BCUT2D eigenvalue weighted by atomic mass is 16.5. The molecule has 0 saturated carbocycles. The number of hydrogen-bond donors (Lipinski definition) is 2. The summed E-state index contributed by atoms with van der Waals surface area (Å²) in [6.07, 6.45) is 0. The van der Waals surface area contributed by atoms with Crippen LogP contribution in [0.2, 0.25) is 0 Å². The smallest absolute Gasteiger partial charge is 0.317 e. The molecule has 0 aliphatic rings. The molecule has 70 valence electrons. The molecule has 1 heterocycles. The van der Waals surface area contributed by atoms with E-state index in [1.165, 1.54) is 0 Å². The van der Waals surface area contributed by atoms with E-state index in [4.69, 9.17) is 15.9 Å². The van der Waals surface area contributed by atoms with Crippen LogP contribution in [0.1, 0.15) is 18.3 Å². The molecule has 0 unspecified atom stereocenters. The molecule has 1 aromatic heterocycles. The SMILES string of the molecule is CCOc1nc(C)cc(C(=N)N)n1. The first-order valence-corrected chi connectivity index (χ1v) is 3.96. The monoisotopic (exact) mass is 180 g/mol. The van der Waals surface area contributed by atoms with Crippen LogP contribution in [-0.4, -0.2) is 22.4 Å². The zero-order chi connectivity index (χ0) is 9.84. The van der Waals surface area contributed by atoms with E-state index in [0.717, 1.165) is 5.69 Å². The van der Waals surface area contributed by atoms with E-state index in [-0.39, 0.29) is 11.8 Å². The second-order valence-corrected chi connectivity index (χ2v) is 2.52. The average molecular weight is 180 g/mol. The van der Waals surface area contributed by atoms with Gasteiger partial charge in [0.1, 0.15) is 11.5 Å². The number of ether oxygens (including phenoxy) is 1. The van der Waals surface area contributed by atoms with E-state index in [1.807, 2.05) is 6.92 Å². The van der Waals surface area contributed by atoms with Crippen LogP contribution < -0.4 is 10.5 Å². The average Bonchev–Trinajstić information content (AvgIpc) is 2.03. The first-order valence-electron chi connectivity index (χ1n) is 3.96.